The van der Waals surface area contributed by atoms with Gasteiger partial charge in [0.15, 0.2) is 0 Å². The molecule has 3 aromatic rings. The molecule has 0 unspecified atom stereocenters. The zero-order valence-electron chi connectivity index (χ0n) is 20.5. The number of ether oxygens (including phenoxy) is 1. The highest BCUT2D eigenvalue weighted by molar-refractivity contribution is 6.16. The van der Waals surface area contributed by atoms with E-state index in [0.717, 1.165) is 11.3 Å². The zero-order valence-corrected chi connectivity index (χ0v) is 20.5. The van der Waals surface area contributed by atoms with Crippen LogP contribution in [0.2, 0.25) is 0 Å². The number of aromatic amines is 1. The SMILES string of the molecule is CC(C)Oc1cccc(CN2CCC3(CC2)C(=O)N(Cc2ncc[nH]2)C(=O)N3c2cccc(F)c2)c1. The minimum absolute atomic E-state index is 0.0462. The van der Waals surface area contributed by atoms with Gasteiger partial charge in [-0.1, -0.05) is 18.2 Å². The van der Waals surface area contributed by atoms with E-state index in [-0.39, 0.29) is 18.6 Å². The quantitative estimate of drug-likeness (QED) is 0.498. The molecule has 1 spiro atoms. The first-order chi connectivity index (χ1) is 17.4. The fraction of sp³-hybridized carbons (Fsp3) is 0.370. The number of nitrogens with one attached hydrogen (secondary N) is 1. The first-order valence-corrected chi connectivity index (χ1v) is 12.2. The number of anilines is 1. The molecular formula is C27H30FN5O3. The molecule has 2 fully saturated rings. The zero-order chi connectivity index (χ0) is 25.3. The lowest BCUT2D eigenvalue weighted by atomic mass is 9.85. The van der Waals surface area contributed by atoms with E-state index in [1.807, 2.05) is 32.0 Å². The van der Waals surface area contributed by atoms with Crippen molar-refractivity contribution >= 4 is 17.6 Å². The van der Waals surface area contributed by atoms with Gasteiger partial charge >= 0.3 is 6.03 Å². The van der Waals surface area contributed by atoms with Crippen molar-refractivity contribution in [3.63, 3.8) is 0 Å². The highest BCUT2D eigenvalue weighted by atomic mass is 19.1. The average Bonchev–Trinajstić information content (AvgIpc) is 3.42. The number of urea groups is 1. The number of hydrogen-bond donors (Lipinski definition) is 1. The van der Waals surface area contributed by atoms with Crippen LogP contribution in [0.1, 0.15) is 38.1 Å². The number of imidazole rings is 1. The van der Waals surface area contributed by atoms with Gasteiger partial charge in [0.25, 0.3) is 5.91 Å². The molecule has 0 atom stereocenters. The molecule has 188 valence electrons. The number of aromatic nitrogens is 2. The summed E-state index contributed by atoms with van der Waals surface area (Å²) in [6.07, 6.45) is 4.23. The van der Waals surface area contributed by atoms with Crippen molar-refractivity contribution in [3.05, 3.63) is 78.1 Å². The molecule has 3 amide bonds. The van der Waals surface area contributed by atoms with Gasteiger partial charge in [-0.05, 0) is 62.6 Å². The average molecular weight is 492 g/mol. The number of carbonyl (C=O) groups is 2. The maximum absolute atomic E-state index is 14.1. The van der Waals surface area contributed by atoms with Crippen LogP contribution in [0.25, 0.3) is 0 Å². The molecule has 9 heteroatoms. The summed E-state index contributed by atoms with van der Waals surface area (Å²) in [5.74, 6) is 0.640. The molecule has 1 aromatic heterocycles. The van der Waals surface area contributed by atoms with Crippen molar-refractivity contribution in [2.75, 3.05) is 18.0 Å². The van der Waals surface area contributed by atoms with Crippen LogP contribution >= 0.6 is 0 Å². The summed E-state index contributed by atoms with van der Waals surface area (Å²) in [7, 11) is 0. The molecule has 2 saturated heterocycles. The van der Waals surface area contributed by atoms with Gasteiger partial charge in [-0.15, -0.1) is 0 Å². The smallest absolute Gasteiger partial charge is 0.332 e. The second-order valence-corrected chi connectivity index (χ2v) is 9.65. The van der Waals surface area contributed by atoms with Gasteiger partial charge in [-0.25, -0.2) is 14.2 Å². The third kappa shape index (κ3) is 4.58. The molecule has 0 bridgehead atoms. The van der Waals surface area contributed by atoms with Gasteiger partial charge in [0.2, 0.25) is 0 Å². The molecule has 3 heterocycles. The summed E-state index contributed by atoms with van der Waals surface area (Å²) in [6.45, 7) is 5.99. The number of carbonyl (C=O) groups excluding carboxylic acids is 2. The Hall–Kier alpha value is -3.72. The normalized spacial score (nSPS) is 18.0. The largest absolute Gasteiger partial charge is 0.491 e. The summed E-state index contributed by atoms with van der Waals surface area (Å²) in [5.41, 5.74) is 0.456. The Morgan fingerprint density at radius 3 is 2.56 bits per heavy atom. The van der Waals surface area contributed by atoms with Crippen LogP contribution in [-0.2, 0) is 17.9 Å². The van der Waals surface area contributed by atoms with E-state index in [0.29, 0.717) is 44.0 Å². The van der Waals surface area contributed by atoms with E-state index < -0.39 is 17.4 Å². The fourth-order valence-electron chi connectivity index (χ4n) is 5.15. The number of amides is 3. The van der Waals surface area contributed by atoms with E-state index in [1.165, 1.54) is 21.9 Å². The van der Waals surface area contributed by atoms with Gasteiger partial charge in [0.1, 0.15) is 22.9 Å². The third-order valence-corrected chi connectivity index (χ3v) is 6.78. The second kappa shape index (κ2) is 9.73. The third-order valence-electron chi connectivity index (χ3n) is 6.78. The Labute approximate surface area is 209 Å². The Kier molecular flexibility index (Phi) is 6.49. The topological polar surface area (TPSA) is 81.8 Å². The van der Waals surface area contributed by atoms with Gasteiger partial charge in [0.05, 0.1) is 12.6 Å². The molecule has 2 aliphatic heterocycles. The highest BCUT2D eigenvalue weighted by Gasteiger charge is 2.58. The van der Waals surface area contributed by atoms with Crippen LogP contribution in [0.3, 0.4) is 0 Å². The molecular weight excluding hydrogens is 461 g/mol. The summed E-state index contributed by atoms with van der Waals surface area (Å²) in [5, 5.41) is 0. The Morgan fingerprint density at radius 2 is 1.86 bits per heavy atom. The van der Waals surface area contributed by atoms with Crippen molar-refractivity contribution in [3.8, 4) is 5.75 Å². The molecule has 36 heavy (non-hydrogen) atoms. The predicted molar refractivity (Wildman–Crippen MR) is 133 cm³/mol. The van der Waals surface area contributed by atoms with Crippen LogP contribution in [0.4, 0.5) is 14.9 Å². The van der Waals surface area contributed by atoms with Gasteiger partial charge in [0, 0.05) is 37.7 Å². The highest BCUT2D eigenvalue weighted by Crippen LogP contribution is 2.41. The van der Waals surface area contributed by atoms with E-state index in [9.17, 15) is 14.0 Å². The summed E-state index contributed by atoms with van der Waals surface area (Å²) in [6, 6.07) is 13.5. The lowest BCUT2D eigenvalue weighted by Crippen LogP contribution is -2.56. The number of nitrogens with zero attached hydrogens (tertiary/aromatic N) is 4. The molecule has 0 aliphatic carbocycles. The van der Waals surface area contributed by atoms with Crippen LogP contribution in [0, 0.1) is 5.82 Å². The maximum atomic E-state index is 14.1. The predicted octanol–water partition coefficient (Wildman–Crippen LogP) is 4.34. The van der Waals surface area contributed by atoms with E-state index >= 15 is 0 Å². The van der Waals surface area contributed by atoms with E-state index in [4.69, 9.17) is 4.74 Å². The summed E-state index contributed by atoms with van der Waals surface area (Å²) in [4.78, 5) is 39.5. The lowest BCUT2D eigenvalue weighted by molar-refractivity contribution is -0.132. The number of H-pyrrole nitrogens is 1. The van der Waals surface area contributed by atoms with Crippen LogP contribution in [-0.4, -0.2) is 56.4 Å². The lowest BCUT2D eigenvalue weighted by Gasteiger charge is -2.42. The van der Waals surface area contributed by atoms with Crippen LogP contribution in [0.5, 0.6) is 5.75 Å². The van der Waals surface area contributed by atoms with Crippen molar-refractivity contribution in [2.45, 2.75) is 51.4 Å². The summed E-state index contributed by atoms with van der Waals surface area (Å²) >= 11 is 0. The van der Waals surface area contributed by atoms with Crippen molar-refractivity contribution in [1.82, 2.24) is 19.8 Å². The number of piperidine rings is 1. The monoisotopic (exact) mass is 491 g/mol. The van der Waals surface area contributed by atoms with Gasteiger partial charge in [-0.3, -0.25) is 19.5 Å². The Balaban J connectivity index is 1.38. The number of hydrogen-bond acceptors (Lipinski definition) is 5. The molecule has 2 aromatic carbocycles. The summed E-state index contributed by atoms with van der Waals surface area (Å²) < 4.78 is 20.0. The first kappa shape index (κ1) is 24.0. The number of halogens is 1. The van der Waals surface area contributed by atoms with E-state index in [1.54, 1.807) is 24.5 Å². The van der Waals surface area contributed by atoms with Crippen molar-refractivity contribution < 1.29 is 18.7 Å². The molecule has 8 nitrogen and oxygen atoms in total. The minimum Gasteiger partial charge on any atom is -0.491 e. The van der Waals surface area contributed by atoms with E-state index in [2.05, 4.69) is 20.9 Å². The maximum Gasteiger partial charge on any atom is 0.332 e. The van der Waals surface area contributed by atoms with Crippen molar-refractivity contribution in [1.29, 1.82) is 0 Å². The Morgan fingerprint density at radius 1 is 1.08 bits per heavy atom. The molecule has 0 saturated carbocycles. The minimum atomic E-state index is -1.06. The van der Waals surface area contributed by atoms with Crippen LogP contribution in [0.15, 0.2) is 60.9 Å². The standard InChI is InChI=1S/C27H30FN5O3/c1-19(2)36-23-8-3-5-20(15-23)17-31-13-9-27(10-14-31)25(34)32(18-24-29-11-12-30-24)26(35)33(27)22-7-4-6-21(28)16-22/h3-8,11-12,15-16,19H,9-10,13-14,17-18H2,1-2H3,(H,29,30). The van der Waals surface area contributed by atoms with Crippen LogP contribution < -0.4 is 9.64 Å². The Bertz CT molecular complexity index is 1240. The number of likely N-dealkylation sites (tertiary alicyclic amines) is 1. The molecule has 5 rings (SSSR count). The second-order valence-electron chi connectivity index (χ2n) is 9.65. The molecule has 2 aliphatic rings. The van der Waals surface area contributed by atoms with Gasteiger partial charge < -0.3 is 9.72 Å². The number of rotatable bonds is 7. The van der Waals surface area contributed by atoms with Gasteiger partial charge in [-0.2, -0.15) is 0 Å². The number of imide groups is 1. The van der Waals surface area contributed by atoms with Crippen molar-refractivity contribution in [2.24, 2.45) is 0 Å². The first-order valence-electron chi connectivity index (χ1n) is 12.2. The number of benzene rings is 2. The molecule has 1 N–H and O–H groups in total. The molecule has 0 radical (unpaired) electrons. The fourth-order valence-corrected chi connectivity index (χ4v) is 5.15.